The van der Waals surface area contributed by atoms with Gasteiger partial charge >= 0.3 is 0 Å². The van der Waals surface area contributed by atoms with Gasteiger partial charge in [0.15, 0.2) is 11.6 Å². The summed E-state index contributed by atoms with van der Waals surface area (Å²) in [5.74, 6) is 2.06. The van der Waals surface area contributed by atoms with Crippen molar-refractivity contribution in [3.8, 4) is 0 Å². The number of anilines is 2. The highest BCUT2D eigenvalue weighted by atomic mass is 16.1. The molecule has 2 N–H and O–H groups in total. The van der Waals surface area contributed by atoms with Gasteiger partial charge in [-0.25, -0.2) is 9.97 Å². The first-order chi connectivity index (χ1) is 12.2. The summed E-state index contributed by atoms with van der Waals surface area (Å²) in [5, 5.41) is 0. The Morgan fingerprint density at radius 3 is 2.24 bits per heavy atom. The molecule has 6 nitrogen and oxygen atoms in total. The molecule has 2 fully saturated rings. The van der Waals surface area contributed by atoms with E-state index in [1.165, 1.54) is 12.8 Å². The minimum Gasteiger partial charge on any atom is -0.370 e. The van der Waals surface area contributed by atoms with Gasteiger partial charge in [0.2, 0.25) is 5.91 Å². The Kier molecular flexibility index (Phi) is 4.42. The van der Waals surface area contributed by atoms with Crippen LogP contribution < -0.4 is 15.5 Å². The number of rotatable bonds is 4. The quantitative estimate of drug-likeness (QED) is 0.925. The molecule has 2 aliphatic rings. The molecular weight excluding hydrogens is 314 g/mol. The van der Waals surface area contributed by atoms with Crippen molar-refractivity contribution in [2.45, 2.75) is 32.1 Å². The molecule has 0 saturated carbocycles. The second kappa shape index (κ2) is 6.86. The van der Waals surface area contributed by atoms with Crippen molar-refractivity contribution in [3.63, 3.8) is 0 Å². The predicted molar refractivity (Wildman–Crippen MR) is 99.7 cm³/mol. The first kappa shape index (κ1) is 16.1. The molecule has 0 bridgehead atoms. The molecule has 1 atom stereocenters. The van der Waals surface area contributed by atoms with Gasteiger partial charge in [0.1, 0.15) is 0 Å². The van der Waals surface area contributed by atoms with Gasteiger partial charge in [-0.15, -0.1) is 0 Å². The third-order valence-electron chi connectivity index (χ3n) is 5.25. The molecular formula is C19H25N5O. The number of hydrogen-bond donors (Lipinski definition) is 1. The maximum atomic E-state index is 11.3. The topological polar surface area (TPSA) is 75.4 Å². The maximum absolute atomic E-state index is 11.3. The van der Waals surface area contributed by atoms with Crippen molar-refractivity contribution in [1.29, 1.82) is 0 Å². The van der Waals surface area contributed by atoms with E-state index < -0.39 is 0 Å². The van der Waals surface area contributed by atoms with Crippen LogP contribution in [0.2, 0.25) is 0 Å². The Hall–Kier alpha value is -2.37. The van der Waals surface area contributed by atoms with Crippen LogP contribution in [0.4, 0.5) is 11.6 Å². The number of piperidine rings is 1. The van der Waals surface area contributed by atoms with Crippen LogP contribution in [0.1, 0.15) is 32.1 Å². The normalized spacial score (nSPS) is 21.0. The molecule has 1 aromatic carbocycles. The number of hydrogen-bond acceptors (Lipinski definition) is 5. The Morgan fingerprint density at radius 2 is 1.60 bits per heavy atom. The minimum absolute atomic E-state index is 0.212. The zero-order valence-corrected chi connectivity index (χ0v) is 14.5. The summed E-state index contributed by atoms with van der Waals surface area (Å²) in [6.45, 7) is 3.87. The van der Waals surface area contributed by atoms with Crippen molar-refractivity contribution in [1.82, 2.24) is 9.97 Å². The van der Waals surface area contributed by atoms with E-state index in [0.29, 0.717) is 12.3 Å². The fourth-order valence-corrected chi connectivity index (χ4v) is 4.04. The van der Waals surface area contributed by atoms with Crippen molar-refractivity contribution < 1.29 is 4.79 Å². The summed E-state index contributed by atoms with van der Waals surface area (Å²) in [7, 11) is 0. The molecule has 0 aliphatic carbocycles. The number of carbonyl (C=O) groups is 1. The third kappa shape index (κ3) is 3.38. The number of amides is 1. The minimum atomic E-state index is -0.212. The maximum Gasteiger partial charge on any atom is 0.217 e. The summed E-state index contributed by atoms with van der Waals surface area (Å²) in [4.78, 5) is 25.9. The number of primary amides is 1. The fraction of sp³-hybridized carbons (Fsp3) is 0.526. The molecule has 2 aliphatic heterocycles. The molecule has 0 spiro atoms. The molecule has 25 heavy (non-hydrogen) atoms. The predicted octanol–water partition coefficient (Wildman–Crippen LogP) is 2.32. The lowest BCUT2D eigenvalue weighted by Crippen LogP contribution is -2.38. The SMILES string of the molecule is NC(=O)CC1CCCN(c2nc3ccccc3nc2N2CCCC2)C1. The van der Waals surface area contributed by atoms with Crippen molar-refractivity contribution in [3.05, 3.63) is 24.3 Å². The second-order valence-electron chi connectivity index (χ2n) is 7.18. The molecule has 3 heterocycles. The van der Waals surface area contributed by atoms with Crippen LogP contribution in [-0.2, 0) is 4.79 Å². The number of fused-ring (bicyclic) bond motifs is 1. The van der Waals surface area contributed by atoms with Crippen molar-refractivity contribution >= 4 is 28.6 Å². The van der Waals surface area contributed by atoms with Crippen LogP contribution in [0.3, 0.4) is 0 Å². The average Bonchev–Trinajstić information content (AvgIpc) is 3.15. The number of para-hydroxylation sites is 2. The fourth-order valence-electron chi connectivity index (χ4n) is 4.04. The highest BCUT2D eigenvalue weighted by Crippen LogP contribution is 2.33. The summed E-state index contributed by atoms with van der Waals surface area (Å²) in [6, 6.07) is 8.05. The summed E-state index contributed by atoms with van der Waals surface area (Å²) >= 11 is 0. The van der Waals surface area contributed by atoms with Crippen molar-refractivity contribution in [2.24, 2.45) is 11.7 Å². The summed E-state index contributed by atoms with van der Waals surface area (Å²) in [5.41, 5.74) is 7.29. The number of carbonyl (C=O) groups excluding carboxylic acids is 1. The van der Waals surface area contributed by atoms with E-state index in [1.807, 2.05) is 24.3 Å². The average molecular weight is 339 g/mol. The number of nitrogens with zero attached hydrogens (tertiary/aromatic N) is 4. The van der Waals surface area contributed by atoms with Gasteiger partial charge in [-0.2, -0.15) is 0 Å². The van der Waals surface area contributed by atoms with E-state index >= 15 is 0 Å². The molecule has 1 aromatic heterocycles. The lowest BCUT2D eigenvalue weighted by Gasteiger charge is -2.35. The Balaban J connectivity index is 1.71. The Bertz CT molecular complexity index is 771. The van der Waals surface area contributed by atoms with Crippen LogP contribution in [0.5, 0.6) is 0 Å². The molecule has 1 unspecified atom stereocenters. The summed E-state index contributed by atoms with van der Waals surface area (Å²) in [6.07, 6.45) is 4.98. The molecule has 132 valence electrons. The molecule has 2 aromatic rings. The molecule has 1 amide bonds. The molecule has 4 rings (SSSR count). The van der Waals surface area contributed by atoms with E-state index in [4.69, 9.17) is 15.7 Å². The Morgan fingerprint density at radius 1 is 1.00 bits per heavy atom. The zero-order valence-electron chi connectivity index (χ0n) is 14.5. The number of benzene rings is 1. The van der Waals surface area contributed by atoms with E-state index in [1.54, 1.807) is 0 Å². The molecule has 0 radical (unpaired) electrons. The number of aromatic nitrogens is 2. The van der Waals surface area contributed by atoms with E-state index in [-0.39, 0.29) is 5.91 Å². The number of nitrogens with two attached hydrogens (primary N) is 1. The largest absolute Gasteiger partial charge is 0.370 e. The monoisotopic (exact) mass is 339 g/mol. The first-order valence-electron chi connectivity index (χ1n) is 9.25. The Labute approximate surface area is 148 Å². The third-order valence-corrected chi connectivity index (χ3v) is 5.25. The lowest BCUT2D eigenvalue weighted by atomic mass is 9.94. The van der Waals surface area contributed by atoms with Crippen molar-refractivity contribution in [2.75, 3.05) is 36.0 Å². The highest BCUT2D eigenvalue weighted by molar-refractivity contribution is 5.81. The first-order valence-corrected chi connectivity index (χ1v) is 9.25. The van der Waals surface area contributed by atoms with Gasteiger partial charge in [-0.1, -0.05) is 12.1 Å². The summed E-state index contributed by atoms with van der Waals surface area (Å²) < 4.78 is 0. The van der Waals surface area contributed by atoms with Crippen LogP contribution in [0, 0.1) is 5.92 Å². The van der Waals surface area contributed by atoms with E-state index in [9.17, 15) is 4.79 Å². The van der Waals surface area contributed by atoms with E-state index in [2.05, 4.69) is 9.80 Å². The van der Waals surface area contributed by atoms with E-state index in [0.717, 1.165) is 61.7 Å². The molecule has 6 heteroatoms. The second-order valence-corrected chi connectivity index (χ2v) is 7.18. The highest BCUT2D eigenvalue weighted by Gasteiger charge is 2.27. The zero-order chi connectivity index (χ0) is 17.2. The smallest absolute Gasteiger partial charge is 0.217 e. The van der Waals surface area contributed by atoms with Gasteiger partial charge in [0.05, 0.1) is 11.0 Å². The van der Waals surface area contributed by atoms with Crippen LogP contribution in [0.25, 0.3) is 11.0 Å². The molecule has 2 saturated heterocycles. The van der Waals surface area contributed by atoms with Crippen LogP contribution >= 0.6 is 0 Å². The van der Waals surface area contributed by atoms with Gasteiger partial charge in [0, 0.05) is 32.6 Å². The van der Waals surface area contributed by atoms with Gasteiger partial charge in [-0.3, -0.25) is 4.79 Å². The van der Waals surface area contributed by atoms with Gasteiger partial charge in [0.25, 0.3) is 0 Å². The standard InChI is InChI=1S/C19H25N5O/c20-17(25)12-14-6-5-11-24(13-14)19-18(23-9-3-4-10-23)21-15-7-1-2-8-16(15)22-19/h1-2,7-8,14H,3-6,9-13H2,(H2,20,25). The van der Waals surface area contributed by atoms with Gasteiger partial charge in [-0.05, 0) is 43.7 Å². The van der Waals surface area contributed by atoms with Gasteiger partial charge < -0.3 is 15.5 Å². The van der Waals surface area contributed by atoms with Crippen LogP contribution in [0.15, 0.2) is 24.3 Å². The lowest BCUT2D eigenvalue weighted by molar-refractivity contribution is -0.118. The van der Waals surface area contributed by atoms with Crippen LogP contribution in [-0.4, -0.2) is 42.1 Å².